The van der Waals surface area contributed by atoms with E-state index >= 15 is 0 Å². The van der Waals surface area contributed by atoms with Crippen molar-refractivity contribution in [1.82, 2.24) is 0 Å². The normalized spacial score (nSPS) is 15.2. The molecule has 5 rings (SSSR count). The lowest BCUT2D eigenvalue weighted by molar-refractivity contribution is -0.122. The Bertz CT molecular complexity index is 1490. The first-order valence-corrected chi connectivity index (χ1v) is 12.0. The number of benzene rings is 4. The summed E-state index contributed by atoms with van der Waals surface area (Å²) in [5.41, 5.74) is 4.63. The number of nitrogens with zero attached hydrogens (tertiary/aromatic N) is 1. The van der Waals surface area contributed by atoms with E-state index < -0.39 is 5.92 Å². The molecule has 0 aromatic heterocycles. The molecule has 0 bridgehead atoms. The van der Waals surface area contributed by atoms with Crippen LogP contribution in [0, 0.1) is 19.8 Å². The molecule has 1 aliphatic rings. The molecule has 1 aliphatic heterocycles. The molecule has 180 valence electrons. The third kappa shape index (κ3) is 4.70. The van der Waals surface area contributed by atoms with E-state index in [1.165, 1.54) is 0 Å². The molecule has 36 heavy (non-hydrogen) atoms. The molecule has 0 radical (unpaired) electrons. The Hall–Kier alpha value is -4.45. The fraction of sp³-hybridized carbons (Fsp3) is 0.167. The third-order valence-electron chi connectivity index (χ3n) is 6.58. The summed E-state index contributed by atoms with van der Waals surface area (Å²) < 4.78 is 0. The minimum Gasteiger partial charge on any atom is -0.326 e. The number of carbonyl (C=O) groups excluding carboxylic acids is 3. The summed E-state index contributed by atoms with van der Waals surface area (Å²) in [6.07, 6.45) is 0.141. The Morgan fingerprint density at radius 3 is 2.47 bits per heavy atom. The zero-order valence-electron chi connectivity index (χ0n) is 20.2. The number of carbonyl (C=O) groups is 3. The van der Waals surface area contributed by atoms with Gasteiger partial charge >= 0.3 is 0 Å². The molecule has 0 saturated carbocycles. The zero-order chi connectivity index (χ0) is 25.2. The van der Waals surface area contributed by atoms with Gasteiger partial charge in [-0.1, -0.05) is 60.2 Å². The van der Waals surface area contributed by atoms with Crippen molar-refractivity contribution >= 4 is 45.6 Å². The van der Waals surface area contributed by atoms with Crippen LogP contribution in [0.2, 0.25) is 0 Å². The number of amides is 3. The summed E-state index contributed by atoms with van der Waals surface area (Å²) in [5, 5.41) is 7.86. The van der Waals surface area contributed by atoms with E-state index in [2.05, 4.69) is 10.6 Å². The lowest BCUT2D eigenvalue weighted by Gasteiger charge is -2.19. The molecule has 3 amide bonds. The van der Waals surface area contributed by atoms with Crippen LogP contribution >= 0.6 is 0 Å². The van der Waals surface area contributed by atoms with E-state index in [0.717, 1.165) is 33.3 Å². The minimum atomic E-state index is -0.482. The van der Waals surface area contributed by atoms with Gasteiger partial charge in [0.25, 0.3) is 5.91 Å². The highest BCUT2D eigenvalue weighted by atomic mass is 16.2. The van der Waals surface area contributed by atoms with E-state index in [0.29, 0.717) is 17.8 Å². The number of nitrogens with one attached hydrogen (secondary N) is 2. The van der Waals surface area contributed by atoms with Crippen molar-refractivity contribution in [1.29, 1.82) is 0 Å². The molecule has 1 fully saturated rings. The number of aryl methyl sites for hydroxylation is 2. The first-order chi connectivity index (χ1) is 17.4. The molecule has 4 aromatic rings. The van der Waals surface area contributed by atoms with Gasteiger partial charge in [-0.25, -0.2) is 0 Å². The fourth-order valence-electron chi connectivity index (χ4n) is 4.69. The summed E-state index contributed by atoms with van der Waals surface area (Å²) in [6.45, 7) is 4.26. The Balaban J connectivity index is 1.28. The van der Waals surface area contributed by atoms with E-state index in [-0.39, 0.29) is 24.1 Å². The molecule has 0 spiro atoms. The highest BCUT2D eigenvalue weighted by Gasteiger charge is 2.35. The molecular weight excluding hydrogens is 450 g/mol. The fourth-order valence-corrected chi connectivity index (χ4v) is 4.69. The van der Waals surface area contributed by atoms with Crippen LogP contribution in [0.4, 0.5) is 17.1 Å². The van der Waals surface area contributed by atoms with Gasteiger partial charge < -0.3 is 15.5 Å². The number of hydrogen-bond donors (Lipinski definition) is 2. The van der Waals surface area contributed by atoms with Crippen molar-refractivity contribution in [3.05, 3.63) is 102 Å². The van der Waals surface area contributed by atoms with E-state index in [1.54, 1.807) is 29.2 Å². The van der Waals surface area contributed by atoms with E-state index in [1.807, 2.05) is 74.5 Å². The predicted octanol–water partition coefficient (Wildman–Crippen LogP) is 5.70. The second-order valence-corrected chi connectivity index (χ2v) is 9.25. The van der Waals surface area contributed by atoms with Crippen LogP contribution in [0.5, 0.6) is 0 Å². The van der Waals surface area contributed by atoms with Gasteiger partial charge in [-0.2, -0.15) is 0 Å². The molecule has 1 heterocycles. The van der Waals surface area contributed by atoms with Gasteiger partial charge in [0.15, 0.2) is 0 Å². The van der Waals surface area contributed by atoms with Gasteiger partial charge in [-0.3, -0.25) is 14.4 Å². The zero-order valence-corrected chi connectivity index (χ0v) is 20.2. The number of rotatable bonds is 5. The highest BCUT2D eigenvalue weighted by Crippen LogP contribution is 2.32. The Kier molecular flexibility index (Phi) is 6.25. The van der Waals surface area contributed by atoms with Crippen LogP contribution in [0.3, 0.4) is 0 Å². The van der Waals surface area contributed by atoms with Gasteiger partial charge in [0.1, 0.15) is 0 Å². The first-order valence-electron chi connectivity index (χ1n) is 12.0. The number of hydrogen-bond acceptors (Lipinski definition) is 3. The van der Waals surface area contributed by atoms with Gasteiger partial charge in [-0.05, 0) is 55.1 Å². The number of anilines is 3. The molecule has 0 unspecified atom stereocenters. The molecular formula is C30H27N3O3. The second-order valence-electron chi connectivity index (χ2n) is 9.25. The quantitative estimate of drug-likeness (QED) is 0.387. The van der Waals surface area contributed by atoms with Crippen LogP contribution in [0.1, 0.15) is 27.9 Å². The van der Waals surface area contributed by atoms with Gasteiger partial charge in [0, 0.05) is 35.3 Å². The summed E-state index contributed by atoms with van der Waals surface area (Å²) in [7, 11) is 0. The third-order valence-corrected chi connectivity index (χ3v) is 6.58. The Morgan fingerprint density at radius 2 is 1.64 bits per heavy atom. The molecule has 1 atom stereocenters. The molecule has 2 N–H and O–H groups in total. The van der Waals surface area contributed by atoms with Crippen LogP contribution < -0.4 is 15.5 Å². The van der Waals surface area contributed by atoms with Crippen molar-refractivity contribution in [2.24, 2.45) is 5.92 Å². The monoisotopic (exact) mass is 477 g/mol. The SMILES string of the molecule is Cc1ccc(NC(=O)c2cccc(NC(=O)[C@H]3CC(=O)N(c4cccc5ccccc45)C3)c2)c(C)c1. The van der Waals surface area contributed by atoms with Crippen molar-refractivity contribution in [2.75, 3.05) is 22.1 Å². The van der Waals surface area contributed by atoms with E-state index in [9.17, 15) is 14.4 Å². The van der Waals surface area contributed by atoms with Gasteiger partial charge in [0.05, 0.1) is 11.6 Å². The summed E-state index contributed by atoms with van der Waals surface area (Å²) >= 11 is 0. The van der Waals surface area contributed by atoms with Gasteiger partial charge in [0.2, 0.25) is 11.8 Å². The lowest BCUT2D eigenvalue weighted by atomic mass is 10.1. The minimum absolute atomic E-state index is 0.0758. The molecule has 1 saturated heterocycles. The Morgan fingerprint density at radius 1 is 0.861 bits per heavy atom. The first kappa shape index (κ1) is 23.3. The van der Waals surface area contributed by atoms with Crippen LogP contribution in [0.15, 0.2) is 84.9 Å². The summed E-state index contributed by atoms with van der Waals surface area (Å²) in [5.74, 6) is -1.05. The molecule has 6 nitrogen and oxygen atoms in total. The smallest absolute Gasteiger partial charge is 0.255 e. The average molecular weight is 478 g/mol. The van der Waals surface area contributed by atoms with Crippen LogP contribution in [0.25, 0.3) is 10.8 Å². The average Bonchev–Trinajstić information content (AvgIpc) is 3.27. The number of fused-ring (bicyclic) bond motifs is 1. The van der Waals surface area contributed by atoms with Crippen LogP contribution in [-0.4, -0.2) is 24.3 Å². The predicted molar refractivity (Wildman–Crippen MR) is 143 cm³/mol. The highest BCUT2D eigenvalue weighted by molar-refractivity contribution is 6.09. The van der Waals surface area contributed by atoms with Crippen molar-refractivity contribution in [2.45, 2.75) is 20.3 Å². The maximum Gasteiger partial charge on any atom is 0.255 e. The molecule has 4 aromatic carbocycles. The van der Waals surface area contributed by atoms with Gasteiger partial charge in [-0.15, -0.1) is 0 Å². The summed E-state index contributed by atoms with van der Waals surface area (Å²) in [4.78, 5) is 40.4. The second kappa shape index (κ2) is 9.66. The molecule has 6 heteroatoms. The topological polar surface area (TPSA) is 78.5 Å². The Labute approximate surface area is 209 Å². The summed E-state index contributed by atoms with van der Waals surface area (Å²) in [6, 6.07) is 26.4. The van der Waals surface area contributed by atoms with Crippen molar-refractivity contribution < 1.29 is 14.4 Å². The largest absolute Gasteiger partial charge is 0.326 e. The molecule has 0 aliphatic carbocycles. The lowest BCUT2D eigenvalue weighted by Crippen LogP contribution is -2.28. The standard InChI is InChI=1S/C30H27N3O3/c1-19-13-14-26(20(2)15-19)32-29(35)22-9-5-10-24(16-22)31-30(36)23-17-28(34)33(18-23)27-12-6-8-21-7-3-4-11-25(21)27/h3-16,23H,17-18H2,1-2H3,(H,31,36)(H,32,35)/t23-/m0/s1. The van der Waals surface area contributed by atoms with Crippen molar-refractivity contribution in [3.63, 3.8) is 0 Å². The van der Waals surface area contributed by atoms with E-state index in [4.69, 9.17) is 0 Å². The maximum absolute atomic E-state index is 13.1. The van der Waals surface area contributed by atoms with Crippen molar-refractivity contribution in [3.8, 4) is 0 Å². The van der Waals surface area contributed by atoms with Crippen LogP contribution in [-0.2, 0) is 9.59 Å². The maximum atomic E-state index is 13.1.